The van der Waals surface area contributed by atoms with E-state index in [0.29, 0.717) is 17.7 Å². The van der Waals surface area contributed by atoms with Gasteiger partial charge < -0.3 is 14.7 Å². The molecule has 5 heteroatoms. The first-order valence-corrected chi connectivity index (χ1v) is 9.53. The topological polar surface area (TPSA) is 84.9 Å². The van der Waals surface area contributed by atoms with Gasteiger partial charge in [-0.05, 0) is 48.0 Å². The van der Waals surface area contributed by atoms with Gasteiger partial charge in [0.05, 0.1) is 28.9 Å². The quantitative estimate of drug-likeness (QED) is 0.464. The van der Waals surface area contributed by atoms with Crippen LogP contribution in [0.15, 0.2) is 83.5 Å². The number of nitriles is 1. The molecule has 0 saturated heterocycles. The summed E-state index contributed by atoms with van der Waals surface area (Å²) in [6, 6.07) is 25.1. The molecule has 0 spiro atoms. The molecule has 1 amide bonds. The van der Waals surface area contributed by atoms with Crippen LogP contribution in [0.4, 0.5) is 0 Å². The van der Waals surface area contributed by atoms with Crippen molar-refractivity contribution in [1.29, 1.82) is 5.26 Å². The van der Waals surface area contributed by atoms with E-state index in [1.807, 2.05) is 60.7 Å². The predicted octanol–water partition coefficient (Wildman–Crippen LogP) is 5.07. The van der Waals surface area contributed by atoms with Gasteiger partial charge in [0.1, 0.15) is 5.76 Å². The van der Waals surface area contributed by atoms with Crippen molar-refractivity contribution in [2.75, 3.05) is 0 Å². The molecule has 0 radical (unpaired) electrons. The first-order valence-electron chi connectivity index (χ1n) is 9.53. The molecule has 30 heavy (non-hydrogen) atoms. The summed E-state index contributed by atoms with van der Waals surface area (Å²) >= 11 is 0. The maximum Gasteiger partial charge on any atom is 0.249 e. The number of carbonyl (C=O) groups is 1. The van der Waals surface area contributed by atoms with E-state index < -0.39 is 5.91 Å². The van der Waals surface area contributed by atoms with Crippen molar-refractivity contribution in [1.82, 2.24) is 4.57 Å². The Labute approximate surface area is 172 Å². The molecule has 3 aromatic carbocycles. The highest BCUT2D eigenvalue weighted by Gasteiger charge is 2.17. The van der Waals surface area contributed by atoms with Crippen LogP contribution in [0.2, 0.25) is 0 Å². The second kappa shape index (κ2) is 6.94. The molecule has 2 N–H and O–H groups in total. The van der Waals surface area contributed by atoms with Gasteiger partial charge >= 0.3 is 0 Å². The largest absolute Gasteiger partial charge is 0.464 e. The third kappa shape index (κ3) is 2.83. The average molecular weight is 391 g/mol. The first-order chi connectivity index (χ1) is 14.7. The fourth-order valence-corrected chi connectivity index (χ4v) is 3.98. The SMILES string of the molecule is N#Cc1ccc(Cn2c3cc(-c4ccco4)ccc3c3c(C(N)=O)cccc32)cc1. The van der Waals surface area contributed by atoms with Crippen LogP contribution in [0.25, 0.3) is 33.1 Å². The second-order valence-electron chi connectivity index (χ2n) is 7.17. The molecule has 0 saturated carbocycles. The maximum atomic E-state index is 12.1. The van der Waals surface area contributed by atoms with Gasteiger partial charge in [-0.15, -0.1) is 0 Å². The van der Waals surface area contributed by atoms with Crippen molar-refractivity contribution in [2.45, 2.75) is 6.54 Å². The fourth-order valence-electron chi connectivity index (χ4n) is 3.98. The molecule has 0 aliphatic carbocycles. The zero-order valence-corrected chi connectivity index (χ0v) is 16.0. The standard InChI is InChI=1S/C25H17N3O2/c26-14-16-6-8-17(9-7-16)15-28-21-4-1-3-20(25(27)29)24(21)19-11-10-18(13-22(19)28)23-5-2-12-30-23/h1-13H,15H2,(H2,27,29). The number of carbonyl (C=O) groups excluding carboxylic acids is 1. The molecule has 0 atom stereocenters. The summed E-state index contributed by atoms with van der Waals surface area (Å²) in [7, 11) is 0. The normalized spacial score (nSPS) is 11.0. The van der Waals surface area contributed by atoms with Crippen LogP contribution in [0.5, 0.6) is 0 Å². The minimum absolute atomic E-state index is 0.451. The van der Waals surface area contributed by atoms with Crippen LogP contribution < -0.4 is 5.73 Å². The Morgan fingerprint density at radius 2 is 1.83 bits per heavy atom. The number of aromatic nitrogens is 1. The Hall–Kier alpha value is -4.30. The molecule has 2 heterocycles. The zero-order chi connectivity index (χ0) is 20.7. The average Bonchev–Trinajstić information content (AvgIpc) is 3.41. The Morgan fingerprint density at radius 1 is 1.00 bits per heavy atom. The highest BCUT2D eigenvalue weighted by Crippen LogP contribution is 2.35. The number of nitrogens with zero attached hydrogens (tertiary/aromatic N) is 2. The summed E-state index contributed by atoms with van der Waals surface area (Å²) in [5.41, 5.74) is 10.7. The van der Waals surface area contributed by atoms with Crippen LogP contribution in [0, 0.1) is 11.3 Å². The molecular weight excluding hydrogens is 374 g/mol. The van der Waals surface area contributed by atoms with Crippen molar-refractivity contribution in [3.63, 3.8) is 0 Å². The third-order valence-corrected chi connectivity index (χ3v) is 5.39. The lowest BCUT2D eigenvalue weighted by Gasteiger charge is -2.09. The lowest BCUT2D eigenvalue weighted by Crippen LogP contribution is -2.11. The summed E-state index contributed by atoms with van der Waals surface area (Å²) in [5, 5.41) is 10.9. The van der Waals surface area contributed by atoms with E-state index >= 15 is 0 Å². The smallest absolute Gasteiger partial charge is 0.249 e. The van der Waals surface area contributed by atoms with Crippen LogP contribution in [0.1, 0.15) is 21.5 Å². The Morgan fingerprint density at radius 3 is 2.53 bits per heavy atom. The number of hydrogen-bond donors (Lipinski definition) is 1. The summed E-state index contributed by atoms with van der Waals surface area (Å²) in [6.07, 6.45) is 1.65. The molecule has 0 bridgehead atoms. The van der Waals surface area contributed by atoms with Gasteiger partial charge in [0.25, 0.3) is 0 Å². The van der Waals surface area contributed by atoms with Gasteiger partial charge in [-0.3, -0.25) is 4.79 Å². The molecule has 5 nitrogen and oxygen atoms in total. The Bertz CT molecular complexity index is 1440. The lowest BCUT2D eigenvalue weighted by atomic mass is 10.0. The first kappa shape index (κ1) is 17.8. The van der Waals surface area contributed by atoms with Crippen LogP contribution in [-0.4, -0.2) is 10.5 Å². The molecule has 5 aromatic rings. The molecular formula is C25H17N3O2. The fraction of sp³-hybridized carbons (Fsp3) is 0.0400. The summed E-state index contributed by atoms with van der Waals surface area (Å²) in [6.45, 7) is 0.593. The predicted molar refractivity (Wildman–Crippen MR) is 116 cm³/mol. The number of hydrogen-bond acceptors (Lipinski definition) is 3. The van der Waals surface area contributed by atoms with Gasteiger partial charge in [-0.25, -0.2) is 0 Å². The molecule has 144 valence electrons. The maximum absolute atomic E-state index is 12.1. The number of primary amides is 1. The summed E-state index contributed by atoms with van der Waals surface area (Å²) in [4.78, 5) is 12.1. The van der Waals surface area contributed by atoms with Crippen molar-refractivity contribution >= 4 is 27.7 Å². The van der Waals surface area contributed by atoms with Crippen molar-refractivity contribution in [3.8, 4) is 17.4 Å². The van der Waals surface area contributed by atoms with Gasteiger partial charge in [0.15, 0.2) is 0 Å². The molecule has 0 fully saturated rings. The number of rotatable bonds is 4. The lowest BCUT2D eigenvalue weighted by molar-refractivity contribution is 0.100. The van der Waals surface area contributed by atoms with Gasteiger partial charge in [0.2, 0.25) is 5.91 Å². The van der Waals surface area contributed by atoms with Crippen LogP contribution in [-0.2, 0) is 6.54 Å². The number of fused-ring (bicyclic) bond motifs is 3. The Kier molecular flexibility index (Phi) is 4.11. The molecule has 2 aromatic heterocycles. The highest BCUT2D eigenvalue weighted by atomic mass is 16.3. The zero-order valence-electron chi connectivity index (χ0n) is 16.0. The minimum atomic E-state index is -0.451. The van der Waals surface area contributed by atoms with E-state index in [2.05, 4.69) is 16.7 Å². The molecule has 0 aliphatic rings. The minimum Gasteiger partial charge on any atom is -0.464 e. The van der Waals surface area contributed by atoms with Gasteiger partial charge in [0, 0.05) is 28.4 Å². The molecule has 5 rings (SSSR count). The van der Waals surface area contributed by atoms with Gasteiger partial charge in [-0.1, -0.05) is 30.3 Å². The van der Waals surface area contributed by atoms with Crippen LogP contribution >= 0.6 is 0 Å². The Balaban J connectivity index is 1.78. The monoisotopic (exact) mass is 391 g/mol. The highest BCUT2D eigenvalue weighted by molar-refractivity contribution is 6.18. The number of amides is 1. The van der Waals surface area contributed by atoms with E-state index in [4.69, 9.17) is 15.4 Å². The van der Waals surface area contributed by atoms with E-state index in [9.17, 15) is 4.79 Å². The second-order valence-corrected chi connectivity index (χ2v) is 7.17. The van der Waals surface area contributed by atoms with Crippen molar-refractivity contribution in [3.05, 3.63) is 95.7 Å². The van der Waals surface area contributed by atoms with E-state index in [1.165, 1.54) is 0 Å². The van der Waals surface area contributed by atoms with E-state index in [-0.39, 0.29) is 0 Å². The van der Waals surface area contributed by atoms with Gasteiger partial charge in [-0.2, -0.15) is 5.26 Å². The number of nitrogens with two attached hydrogens (primary N) is 1. The van der Waals surface area contributed by atoms with Crippen molar-refractivity contribution in [2.24, 2.45) is 5.73 Å². The molecule has 0 unspecified atom stereocenters. The van der Waals surface area contributed by atoms with E-state index in [0.717, 1.165) is 38.7 Å². The molecule has 0 aliphatic heterocycles. The van der Waals surface area contributed by atoms with Crippen molar-refractivity contribution < 1.29 is 9.21 Å². The van der Waals surface area contributed by atoms with Crippen LogP contribution in [0.3, 0.4) is 0 Å². The number of furan rings is 1. The summed E-state index contributed by atoms with van der Waals surface area (Å²) in [5.74, 6) is 0.329. The van der Waals surface area contributed by atoms with E-state index in [1.54, 1.807) is 12.3 Å². The number of benzene rings is 3. The summed E-state index contributed by atoms with van der Waals surface area (Å²) < 4.78 is 7.75. The third-order valence-electron chi connectivity index (χ3n) is 5.39.